The lowest BCUT2D eigenvalue weighted by atomic mass is 10.1. The number of carbonyl (C=O) groups excluding carboxylic acids is 3. The number of carbonyl (C=O) groups is 3. The Morgan fingerprint density at radius 2 is 1.69 bits per heavy atom. The van der Waals surface area contributed by atoms with Gasteiger partial charge in [0.2, 0.25) is 0 Å². The number of hydrogen-bond acceptors (Lipinski definition) is 4. The van der Waals surface area contributed by atoms with Gasteiger partial charge in [0.1, 0.15) is 0 Å². The van der Waals surface area contributed by atoms with E-state index in [0.717, 1.165) is 0 Å². The highest BCUT2D eigenvalue weighted by Crippen LogP contribution is 2.19. The summed E-state index contributed by atoms with van der Waals surface area (Å²) >= 11 is 5.82. The largest absolute Gasteiger partial charge is 0.456 e. The quantitative estimate of drug-likeness (QED) is 0.720. The molecule has 2 aromatic rings. The van der Waals surface area contributed by atoms with Gasteiger partial charge in [-0.2, -0.15) is 0 Å². The highest BCUT2D eigenvalue weighted by Gasteiger charge is 2.14. The highest BCUT2D eigenvalue weighted by atomic mass is 35.5. The molecule has 2 N–H and O–H groups in total. The van der Waals surface area contributed by atoms with E-state index in [9.17, 15) is 14.4 Å². The van der Waals surface area contributed by atoms with Crippen molar-refractivity contribution < 1.29 is 19.1 Å². The number of para-hydroxylation sites is 1. The molecule has 7 heteroatoms. The molecule has 0 heterocycles. The van der Waals surface area contributed by atoms with Gasteiger partial charge in [-0.15, -0.1) is 0 Å². The summed E-state index contributed by atoms with van der Waals surface area (Å²) in [6.45, 7) is 1.45. The number of nitrogens with one attached hydrogen (secondary N) is 2. The fourth-order valence-corrected chi connectivity index (χ4v) is 2.26. The lowest BCUT2D eigenvalue weighted by molar-refractivity contribution is -0.147. The summed E-state index contributed by atoms with van der Waals surface area (Å²) in [7, 11) is 0. The average Bonchev–Trinajstić information content (AvgIpc) is 2.62. The third-order valence-corrected chi connectivity index (χ3v) is 3.62. The maximum absolute atomic E-state index is 12.5. The predicted molar refractivity (Wildman–Crippen MR) is 100 cm³/mol. The molecule has 0 bridgehead atoms. The van der Waals surface area contributed by atoms with Gasteiger partial charge in [-0.3, -0.25) is 14.4 Å². The molecular formula is C19H19ClN2O4. The molecule has 0 aliphatic heterocycles. The lowest BCUT2D eigenvalue weighted by Crippen LogP contribution is -2.23. The van der Waals surface area contributed by atoms with Gasteiger partial charge in [-0.1, -0.05) is 30.7 Å². The first-order chi connectivity index (χ1) is 12.5. The smallest absolute Gasteiger partial charge is 0.306 e. The maximum Gasteiger partial charge on any atom is 0.306 e. The highest BCUT2D eigenvalue weighted by molar-refractivity contribution is 6.30. The number of amides is 2. The van der Waals surface area contributed by atoms with Gasteiger partial charge < -0.3 is 15.4 Å². The molecule has 0 atom stereocenters. The van der Waals surface area contributed by atoms with Gasteiger partial charge in [0.25, 0.3) is 11.8 Å². The summed E-state index contributed by atoms with van der Waals surface area (Å²) in [6.07, 6.45) is 0.904. The monoisotopic (exact) mass is 374 g/mol. The third kappa shape index (κ3) is 5.89. The van der Waals surface area contributed by atoms with E-state index < -0.39 is 18.5 Å². The van der Waals surface area contributed by atoms with Crippen LogP contribution in [0, 0.1) is 0 Å². The summed E-state index contributed by atoms with van der Waals surface area (Å²) in [4.78, 5) is 35.8. The number of rotatable bonds is 7. The van der Waals surface area contributed by atoms with E-state index in [0.29, 0.717) is 22.8 Å². The van der Waals surface area contributed by atoms with Crippen LogP contribution in [0.25, 0.3) is 0 Å². The first kappa shape index (κ1) is 19.5. The summed E-state index contributed by atoms with van der Waals surface area (Å²) in [5.74, 6) is -1.33. The molecule has 0 fully saturated rings. The van der Waals surface area contributed by atoms with E-state index in [2.05, 4.69) is 10.6 Å². The SMILES string of the molecule is CCCC(=O)OCC(=O)Nc1ccccc1C(=O)Nc1ccc(Cl)cc1. The standard InChI is InChI=1S/C19H19ClN2O4/c1-2-5-18(24)26-12-17(23)22-16-7-4-3-6-15(16)19(25)21-14-10-8-13(20)9-11-14/h3-4,6-11H,2,5,12H2,1H3,(H,21,25)(H,22,23). The molecule has 26 heavy (non-hydrogen) atoms. The van der Waals surface area contributed by atoms with Crippen LogP contribution in [0.15, 0.2) is 48.5 Å². The molecule has 0 aliphatic carbocycles. The Labute approximate surface area is 156 Å². The first-order valence-corrected chi connectivity index (χ1v) is 8.49. The predicted octanol–water partition coefficient (Wildman–Crippen LogP) is 3.87. The fraction of sp³-hybridized carbons (Fsp3) is 0.211. The zero-order chi connectivity index (χ0) is 18.9. The van der Waals surface area contributed by atoms with Crippen LogP contribution in [0.2, 0.25) is 5.02 Å². The summed E-state index contributed by atoms with van der Waals surface area (Å²) in [5.41, 5.74) is 1.19. The Bertz CT molecular complexity index is 790. The van der Waals surface area contributed by atoms with Crippen molar-refractivity contribution in [2.75, 3.05) is 17.2 Å². The summed E-state index contributed by atoms with van der Waals surface area (Å²) < 4.78 is 4.86. The Hall–Kier alpha value is -2.86. The summed E-state index contributed by atoms with van der Waals surface area (Å²) in [5, 5.41) is 5.88. The minimum absolute atomic E-state index is 0.257. The molecule has 2 rings (SSSR count). The zero-order valence-corrected chi connectivity index (χ0v) is 15.0. The first-order valence-electron chi connectivity index (χ1n) is 8.11. The molecule has 0 unspecified atom stereocenters. The molecule has 2 amide bonds. The van der Waals surface area contributed by atoms with Gasteiger partial charge in [-0.25, -0.2) is 0 Å². The average molecular weight is 375 g/mol. The van der Waals surface area contributed by atoms with Crippen LogP contribution in [0.5, 0.6) is 0 Å². The number of benzene rings is 2. The number of hydrogen-bond donors (Lipinski definition) is 2. The Balaban J connectivity index is 2.02. The van der Waals surface area contributed by atoms with E-state index in [1.807, 2.05) is 6.92 Å². The number of anilines is 2. The van der Waals surface area contributed by atoms with Crippen LogP contribution in [0.3, 0.4) is 0 Å². The van der Waals surface area contributed by atoms with Crippen LogP contribution in [0.4, 0.5) is 11.4 Å². The molecule has 0 spiro atoms. The minimum atomic E-state index is -0.513. The van der Waals surface area contributed by atoms with Crippen LogP contribution >= 0.6 is 11.6 Å². The minimum Gasteiger partial charge on any atom is -0.456 e. The van der Waals surface area contributed by atoms with Gasteiger partial charge in [0.15, 0.2) is 6.61 Å². The van der Waals surface area contributed by atoms with Crippen LogP contribution in [0.1, 0.15) is 30.1 Å². The number of esters is 1. The molecule has 6 nitrogen and oxygen atoms in total. The molecule has 136 valence electrons. The van der Waals surface area contributed by atoms with Crippen molar-refractivity contribution in [3.63, 3.8) is 0 Å². The normalized spacial score (nSPS) is 10.1. The lowest BCUT2D eigenvalue weighted by Gasteiger charge is -2.12. The molecule has 0 aromatic heterocycles. The maximum atomic E-state index is 12.5. The molecule has 2 aromatic carbocycles. The van der Waals surface area contributed by atoms with Crippen LogP contribution < -0.4 is 10.6 Å². The fourth-order valence-electron chi connectivity index (χ4n) is 2.13. The zero-order valence-electron chi connectivity index (χ0n) is 14.3. The Morgan fingerprint density at radius 3 is 2.38 bits per heavy atom. The van der Waals surface area contributed by atoms with Gasteiger partial charge in [0.05, 0.1) is 11.3 Å². The van der Waals surface area contributed by atoms with Crippen molar-refractivity contribution in [3.05, 3.63) is 59.1 Å². The molecule has 0 radical (unpaired) electrons. The third-order valence-electron chi connectivity index (χ3n) is 3.37. The van der Waals surface area contributed by atoms with Crippen molar-refractivity contribution in [2.24, 2.45) is 0 Å². The van der Waals surface area contributed by atoms with Crippen molar-refractivity contribution in [3.8, 4) is 0 Å². The number of ether oxygens (including phenoxy) is 1. The van der Waals surface area contributed by atoms with E-state index in [1.165, 1.54) is 0 Å². The van der Waals surface area contributed by atoms with Gasteiger partial charge >= 0.3 is 5.97 Å². The van der Waals surface area contributed by atoms with E-state index >= 15 is 0 Å². The van der Waals surface area contributed by atoms with Gasteiger partial charge in [-0.05, 0) is 42.8 Å². The van der Waals surface area contributed by atoms with Crippen LogP contribution in [-0.2, 0) is 14.3 Å². The van der Waals surface area contributed by atoms with Crippen molar-refractivity contribution in [1.29, 1.82) is 0 Å². The van der Waals surface area contributed by atoms with E-state index in [-0.39, 0.29) is 17.9 Å². The van der Waals surface area contributed by atoms with Crippen molar-refractivity contribution in [1.82, 2.24) is 0 Å². The molecular weight excluding hydrogens is 356 g/mol. The summed E-state index contributed by atoms with van der Waals surface area (Å²) in [6, 6.07) is 13.2. The molecule has 0 saturated heterocycles. The number of halogens is 1. The van der Waals surface area contributed by atoms with E-state index in [1.54, 1.807) is 48.5 Å². The molecule has 0 saturated carbocycles. The van der Waals surface area contributed by atoms with E-state index in [4.69, 9.17) is 16.3 Å². The topological polar surface area (TPSA) is 84.5 Å². The van der Waals surface area contributed by atoms with Crippen molar-refractivity contribution >= 4 is 40.8 Å². The second-order valence-corrected chi connectivity index (χ2v) is 5.90. The van der Waals surface area contributed by atoms with Gasteiger partial charge in [0, 0.05) is 17.1 Å². The molecule has 0 aliphatic rings. The second kappa shape index (κ2) is 9.58. The Morgan fingerprint density at radius 1 is 1.00 bits per heavy atom. The van der Waals surface area contributed by atoms with Crippen molar-refractivity contribution in [2.45, 2.75) is 19.8 Å². The second-order valence-electron chi connectivity index (χ2n) is 5.47. The van der Waals surface area contributed by atoms with Crippen LogP contribution in [-0.4, -0.2) is 24.4 Å². The Kier molecular flexibility index (Phi) is 7.17.